The molecule has 1 aliphatic heterocycles. The highest BCUT2D eigenvalue weighted by Gasteiger charge is 2.40. The standard InChI is InChI=1S/C16H19N3O5/c1-2-16(24)5-6-19(8-12(16)20)15(23)9-3-4-10-11(7-9)18-14(22)13(21)17-10/h3-4,7,12,20,24H,2,5-6,8H2,1H3,(H,17,21)(H,18,22)/t12-,16-/m1/s1. The Hall–Kier alpha value is -2.45. The first-order valence-corrected chi connectivity index (χ1v) is 7.80. The van der Waals surface area contributed by atoms with Gasteiger partial charge in [-0.1, -0.05) is 6.92 Å². The number of fused-ring (bicyclic) bond motifs is 1. The minimum atomic E-state index is -1.16. The topological polar surface area (TPSA) is 126 Å². The number of benzene rings is 1. The predicted octanol–water partition coefficient (Wildman–Crippen LogP) is -0.436. The summed E-state index contributed by atoms with van der Waals surface area (Å²) in [6.45, 7) is 2.17. The van der Waals surface area contributed by atoms with Crippen molar-refractivity contribution in [2.45, 2.75) is 31.5 Å². The molecule has 24 heavy (non-hydrogen) atoms. The van der Waals surface area contributed by atoms with Gasteiger partial charge in [-0.05, 0) is 31.0 Å². The lowest BCUT2D eigenvalue weighted by molar-refractivity contribution is -0.114. The Bertz CT molecular complexity index is 902. The van der Waals surface area contributed by atoms with E-state index in [1.165, 1.54) is 11.0 Å². The second-order valence-electron chi connectivity index (χ2n) is 6.14. The van der Waals surface area contributed by atoms with Crippen molar-refractivity contribution >= 4 is 16.9 Å². The van der Waals surface area contributed by atoms with E-state index in [0.29, 0.717) is 36.0 Å². The third-order valence-corrected chi connectivity index (χ3v) is 4.70. The molecule has 0 bridgehead atoms. The summed E-state index contributed by atoms with van der Waals surface area (Å²) in [5.74, 6) is -0.304. The van der Waals surface area contributed by atoms with Gasteiger partial charge < -0.3 is 25.1 Å². The van der Waals surface area contributed by atoms with Crippen LogP contribution < -0.4 is 11.1 Å². The largest absolute Gasteiger partial charge is 0.388 e. The van der Waals surface area contributed by atoms with Crippen LogP contribution in [0.15, 0.2) is 27.8 Å². The van der Waals surface area contributed by atoms with Crippen molar-refractivity contribution in [1.82, 2.24) is 14.9 Å². The molecule has 1 aliphatic rings. The Morgan fingerprint density at radius 2 is 1.96 bits per heavy atom. The molecule has 0 unspecified atom stereocenters. The maximum Gasteiger partial charge on any atom is 0.314 e. The van der Waals surface area contributed by atoms with E-state index in [9.17, 15) is 24.6 Å². The minimum Gasteiger partial charge on any atom is -0.388 e. The maximum absolute atomic E-state index is 12.6. The first kappa shape index (κ1) is 16.4. The van der Waals surface area contributed by atoms with E-state index >= 15 is 0 Å². The number of aliphatic hydroxyl groups is 2. The van der Waals surface area contributed by atoms with Crippen molar-refractivity contribution in [3.63, 3.8) is 0 Å². The summed E-state index contributed by atoms with van der Waals surface area (Å²) >= 11 is 0. The number of amides is 1. The molecule has 8 nitrogen and oxygen atoms in total. The van der Waals surface area contributed by atoms with Crippen LogP contribution in [-0.2, 0) is 0 Å². The summed E-state index contributed by atoms with van der Waals surface area (Å²) in [6, 6.07) is 4.58. The molecule has 0 radical (unpaired) electrons. The van der Waals surface area contributed by atoms with Crippen molar-refractivity contribution in [2.75, 3.05) is 13.1 Å². The fourth-order valence-electron chi connectivity index (χ4n) is 2.99. The SMILES string of the molecule is CC[C@@]1(O)CCN(C(=O)c2ccc3[nH]c(=O)c(=O)[nH]c3c2)C[C@H]1O. The number of nitrogens with zero attached hydrogens (tertiary/aromatic N) is 1. The number of piperidine rings is 1. The van der Waals surface area contributed by atoms with Crippen LogP contribution in [0.4, 0.5) is 0 Å². The second-order valence-corrected chi connectivity index (χ2v) is 6.14. The summed E-state index contributed by atoms with van der Waals surface area (Å²) in [6.07, 6.45) is -0.286. The molecular weight excluding hydrogens is 314 g/mol. The molecule has 1 aromatic heterocycles. The smallest absolute Gasteiger partial charge is 0.314 e. The highest BCUT2D eigenvalue weighted by molar-refractivity contribution is 5.97. The average molecular weight is 333 g/mol. The van der Waals surface area contributed by atoms with Gasteiger partial charge in [0.1, 0.15) is 6.10 Å². The van der Waals surface area contributed by atoms with Gasteiger partial charge >= 0.3 is 11.1 Å². The van der Waals surface area contributed by atoms with E-state index in [2.05, 4.69) is 9.97 Å². The molecule has 8 heteroatoms. The number of hydrogen-bond acceptors (Lipinski definition) is 5. The van der Waals surface area contributed by atoms with Gasteiger partial charge in [0.2, 0.25) is 0 Å². The zero-order valence-electron chi connectivity index (χ0n) is 13.2. The molecule has 2 atom stereocenters. The molecular formula is C16H19N3O5. The van der Waals surface area contributed by atoms with Crippen molar-refractivity contribution in [3.8, 4) is 0 Å². The average Bonchev–Trinajstić information content (AvgIpc) is 2.57. The third-order valence-electron chi connectivity index (χ3n) is 4.70. The van der Waals surface area contributed by atoms with Gasteiger partial charge in [-0.25, -0.2) is 0 Å². The van der Waals surface area contributed by atoms with Crippen LogP contribution in [0.1, 0.15) is 30.1 Å². The van der Waals surface area contributed by atoms with Crippen LogP contribution in [0, 0.1) is 0 Å². The van der Waals surface area contributed by atoms with Crippen molar-refractivity contribution in [1.29, 1.82) is 0 Å². The first-order chi connectivity index (χ1) is 11.3. The summed E-state index contributed by atoms with van der Waals surface area (Å²) in [4.78, 5) is 41.6. The number of rotatable bonds is 2. The van der Waals surface area contributed by atoms with Crippen LogP contribution in [0.5, 0.6) is 0 Å². The number of aromatic amines is 2. The Morgan fingerprint density at radius 1 is 1.29 bits per heavy atom. The fraction of sp³-hybridized carbons (Fsp3) is 0.438. The molecule has 1 aromatic carbocycles. The van der Waals surface area contributed by atoms with E-state index in [-0.39, 0.29) is 12.5 Å². The van der Waals surface area contributed by atoms with Gasteiger partial charge in [-0.3, -0.25) is 14.4 Å². The van der Waals surface area contributed by atoms with Gasteiger partial charge in [0.25, 0.3) is 5.91 Å². The number of carbonyl (C=O) groups is 1. The third kappa shape index (κ3) is 2.74. The molecule has 1 saturated heterocycles. The summed E-state index contributed by atoms with van der Waals surface area (Å²) in [5, 5.41) is 20.4. The van der Waals surface area contributed by atoms with E-state index in [4.69, 9.17) is 0 Å². The Morgan fingerprint density at radius 3 is 2.58 bits per heavy atom. The predicted molar refractivity (Wildman–Crippen MR) is 87.0 cm³/mol. The van der Waals surface area contributed by atoms with E-state index in [1.807, 2.05) is 0 Å². The quantitative estimate of drug-likeness (QED) is 0.555. The number of aromatic nitrogens is 2. The number of aliphatic hydroxyl groups excluding tert-OH is 1. The van der Waals surface area contributed by atoms with Crippen molar-refractivity contribution in [2.24, 2.45) is 0 Å². The molecule has 3 rings (SSSR count). The van der Waals surface area contributed by atoms with Gasteiger partial charge in [-0.2, -0.15) is 0 Å². The summed E-state index contributed by atoms with van der Waals surface area (Å²) < 4.78 is 0. The maximum atomic E-state index is 12.6. The van der Waals surface area contributed by atoms with E-state index in [1.54, 1.807) is 19.1 Å². The van der Waals surface area contributed by atoms with Crippen LogP contribution in [0.25, 0.3) is 11.0 Å². The fourth-order valence-corrected chi connectivity index (χ4v) is 2.99. The lowest BCUT2D eigenvalue weighted by Crippen LogP contribution is -2.56. The zero-order valence-corrected chi connectivity index (χ0v) is 13.2. The minimum absolute atomic E-state index is 0.0450. The van der Waals surface area contributed by atoms with Crippen LogP contribution in [0.2, 0.25) is 0 Å². The highest BCUT2D eigenvalue weighted by atomic mass is 16.3. The molecule has 0 saturated carbocycles. The molecule has 128 valence electrons. The monoisotopic (exact) mass is 333 g/mol. The number of β-amino-alcohol motifs (C(OH)–C–C–N with tert-alkyl or cyclic N) is 1. The number of likely N-dealkylation sites (tertiary alicyclic amines) is 1. The van der Waals surface area contributed by atoms with Gasteiger partial charge in [0, 0.05) is 18.7 Å². The first-order valence-electron chi connectivity index (χ1n) is 7.80. The van der Waals surface area contributed by atoms with Crippen LogP contribution in [0.3, 0.4) is 0 Å². The Labute approximate surface area is 136 Å². The molecule has 2 aromatic rings. The number of hydrogen-bond donors (Lipinski definition) is 4. The molecule has 0 aliphatic carbocycles. The van der Waals surface area contributed by atoms with Crippen molar-refractivity contribution in [3.05, 3.63) is 44.5 Å². The lowest BCUT2D eigenvalue weighted by Gasteiger charge is -2.41. The Kier molecular flexibility index (Phi) is 4.02. The van der Waals surface area contributed by atoms with Crippen molar-refractivity contribution < 1.29 is 15.0 Å². The van der Waals surface area contributed by atoms with Gasteiger partial charge in [0.15, 0.2) is 0 Å². The normalized spacial score (nSPS) is 24.3. The van der Waals surface area contributed by atoms with Crippen LogP contribution in [-0.4, -0.2) is 55.8 Å². The highest BCUT2D eigenvalue weighted by Crippen LogP contribution is 2.26. The number of nitrogens with one attached hydrogen (secondary N) is 2. The molecule has 0 spiro atoms. The molecule has 2 heterocycles. The van der Waals surface area contributed by atoms with Crippen LogP contribution >= 0.6 is 0 Å². The zero-order chi connectivity index (χ0) is 17.5. The second kappa shape index (κ2) is 5.88. The molecule has 1 fully saturated rings. The lowest BCUT2D eigenvalue weighted by atomic mass is 9.86. The van der Waals surface area contributed by atoms with Gasteiger partial charge in [-0.15, -0.1) is 0 Å². The number of carbonyl (C=O) groups excluding carboxylic acids is 1. The van der Waals surface area contributed by atoms with E-state index in [0.717, 1.165) is 0 Å². The summed E-state index contributed by atoms with van der Waals surface area (Å²) in [5.41, 5.74) is -1.58. The Balaban J connectivity index is 1.88. The molecule has 4 N–H and O–H groups in total. The number of H-pyrrole nitrogens is 2. The van der Waals surface area contributed by atoms with Gasteiger partial charge in [0.05, 0.1) is 16.6 Å². The summed E-state index contributed by atoms with van der Waals surface area (Å²) in [7, 11) is 0. The molecule has 1 amide bonds. The van der Waals surface area contributed by atoms with E-state index < -0.39 is 22.8 Å².